The Morgan fingerprint density at radius 3 is 2.86 bits per heavy atom. The van der Waals surface area contributed by atoms with Crippen LogP contribution in [0.25, 0.3) is 10.1 Å². The van der Waals surface area contributed by atoms with Crippen molar-refractivity contribution in [1.82, 2.24) is 10.3 Å². The van der Waals surface area contributed by atoms with Crippen LogP contribution in [0.5, 0.6) is 0 Å². The molecule has 0 aliphatic heterocycles. The molecular weight excluding hydrogens is 351 g/mol. The zero-order valence-corrected chi connectivity index (χ0v) is 13.8. The number of pyridine rings is 1. The molecule has 1 N–H and O–H groups in total. The second-order valence-corrected chi connectivity index (χ2v) is 6.88. The van der Waals surface area contributed by atoms with E-state index < -0.39 is 0 Å². The van der Waals surface area contributed by atoms with Gasteiger partial charge in [-0.15, -0.1) is 11.3 Å². The van der Waals surface area contributed by atoms with E-state index in [9.17, 15) is 4.39 Å². The highest BCUT2D eigenvalue weighted by Gasteiger charge is 2.14. The summed E-state index contributed by atoms with van der Waals surface area (Å²) in [5, 5.41) is 4.28. The highest BCUT2D eigenvalue weighted by atomic mass is 79.9. The van der Waals surface area contributed by atoms with Gasteiger partial charge >= 0.3 is 0 Å². The first kappa shape index (κ1) is 14.6. The third-order valence-electron chi connectivity index (χ3n) is 3.39. The zero-order valence-electron chi connectivity index (χ0n) is 11.4. The van der Waals surface area contributed by atoms with E-state index in [1.54, 1.807) is 17.4 Å². The number of halogens is 2. The van der Waals surface area contributed by atoms with E-state index in [2.05, 4.69) is 32.3 Å². The number of rotatable bonds is 4. The number of fused-ring (bicyclic) bond motifs is 1. The molecule has 3 aromatic rings. The molecule has 0 saturated carbocycles. The first-order chi connectivity index (χ1) is 10.2. The Bertz CT molecular complexity index is 755. The van der Waals surface area contributed by atoms with Crippen molar-refractivity contribution in [3.63, 3.8) is 0 Å². The molecule has 0 fully saturated rings. The molecule has 0 aliphatic carbocycles. The van der Waals surface area contributed by atoms with E-state index in [1.165, 1.54) is 10.9 Å². The number of likely N-dealkylation sites (N-methyl/N-ethyl adjacent to an activating group) is 1. The lowest BCUT2D eigenvalue weighted by Crippen LogP contribution is -2.18. The maximum absolute atomic E-state index is 13.3. The number of hydrogen-bond donors (Lipinski definition) is 1. The molecule has 5 heteroatoms. The second-order valence-electron chi connectivity index (χ2n) is 4.84. The summed E-state index contributed by atoms with van der Waals surface area (Å²) in [7, 11) is 1.94. The Morgan fingerprint density at radius 2 is 2.14 bits per heavy atom. The lowest BCUT2D eigenvalue weighted by molar-refractivity contribution is 0.594. The molecule has 0 saturated heterocycles. The number of aromatic nitrogens is 1. The van der Waals surface area contributed by atoms with Gasteiger partial charge in [-0.2, -0.15) is 0 Å². The summed E-state index contributed by atoms with van der Waals surface area (Å²) in [5.74, 6) is -0.192. The van der Waals surface area contributed by atoms with Crippen LogP contribution in [0.15, 0.2) is 47.1 Å². The number of benzene rings is 1. The maximum atomic E-state index is 13.3. The van der Waals surface area contributed by atoms with Crippen LogP contribution in [0.3, 0.4) is 0 Å². The minimum atomic E-state index is -0.192. The molecule has 1 unspecified atom stereocenters. The van der Waals surface area contributed by atoms with Crippen LogP contribution in [0, 0.1) is 5.82 Å². The van der Waals surface area contributed by atoms with Crippen LogP contribution in [0.2, 0.25) is 0 Å². The van der Waals surface area contributed by atoms with Crippen molar-refractivity contribution >= 4 is 37.4 Å². The number of nitrogens with zero attached hydrogens (tertiary/aromatic N) is 1. The molecule has 0 spiro atoms. The van der Waals surface area contributed by atoms with E-state index in [0.717, 1.165) is 26.7 Å². The molecule has 0 aliphatic rings. The summed E-state index contributed by atoms with van der Waals surface area (Å²) in [6.45, 7) is 0. The largest absolute Gasteiger partial charge is 0.312 e. The fourth-order valence-corrected chi connectivity index (χ4v) is 3.68. The predicted molar refractivity (Wildman–Crippen MR) is 89.2 cm³/mol. The zero-order chi connectivity index (χ0) is 14.8. The summed E-state index contributed by atoms with van der Waals surface area (Å²) in [4.78, 5) is 5.61. The van der Waals surface area contributed by atoms with E-state index in [0.29, 0.717) is 0 Å². The van der Waals surface area contributed by atoms with Gasteiger partial charge in [0, 0.05) is 38.4 Å². The van der Waals surface area contributed by atoms with Gasteiger partial charge in [0.1, 0.15) is 5.82 Å². The van der Waals surface area contributed by atoms with Gasteiger partial charge in [0.05, 0.1) is 0 Å². The SMILES string of the molecule is CNC(Cc1ccc(Br)cn1)c1cc2cc(F)ccc2s1. The molecule has 1 aromatic carbocycles. The molecule has 2 heterocycles. The maximum Gasteiger partial charge on any atom is 0.123 e. The number of thiophene rings is 1. The first-order valence-corrected chi connectivity index (χ1v) is 8.23. The van der Waals surface area contributed by atoms with Crippen LogP contribution >= 0.6 is 27.3 Å². The van der Waals surface area contributed by atoms with Crippen LogP contribution < -0.4 is 5.32 Å². The Hall–Kier alpha value is -1.30. The molecule has 3 rings (SSSR count). The van der Waals surface area contributed by atoms with Crippen molar-refractivity contribution in [3.05, 3.63) is 63.5 Å². The van der Waals surface area contributed by atoms with Crippen LogP contribution in [0.4, 0.5) is 4.39 Å². The Morgan fingerprint density at radius 1 is 1.29 bits per heavy atom. The van der Waals surface area contributed by atoms with Crippen molar-refractivity contribution < 1.29 is 4.39 Å². The van der Waals surface area contributed by atoms with Crippen molar-refractivity contribution in [2.45, 2.75) is 12.5 Å². The van der Waals surface area contributed by atoms with Gasteiger partial charge in [-0.1, -0.05) is 0 Å². The third-order valence-corrected chi connectivity index (χ3v) is 5.09. The monoisotopic (exact) mass is 364 g/mol. The lowest BCUT2D eigenvalue weighted by atomic mass is 10.1. The predicted octanol–water partition coefficient (Wildman–Crippen LogP) is 4.70. The van der Waals surface area contributed by atoms with Crippen LogP contribution in [0.1, 0.15) is 16.6 Å². The first-order valence-electron chi connectivity index (χ1n) is 6.62. The van der Waals surface area contributed by atoms with Gasteiger partial charge in [0.15, 0.2) is 0 Å². The Balaban J connectivity index is 1.88. The summed E-state index contributed by atoms with van der Waals surface area (Å²) in [6, 6.07) is 11.2. The van der Waals surface area contributed by atoms with Gasteiger partial charge < -0.3 is 5.32 Å². The molecule has 21 heavy (non-hydrogen) atoms. The molecule has 108 valence electrons. The van der Waals surface area contributed by atoms with Gasteiger partial charge in [0.25, 0.3) is 0 Å². The summed E-state index contributed by atoms with van der Waals surface area (Å²) in [5.41, 5.74) is 1.03. The van der Waals surface area contributed by atoms with Gasteiger partial charge in [-0.25, -0.2) is 4.39 Å². The quantitative estimate of drug-likeness (QED) is 0.725. The van der Waals surface area contributed by atoms with E-state index in [4.69, 9.17) is 0 Å². The molecular formula is C16H14BrFN2S. The number of nitrogens with one attached hydrogen (secondary N) is 1. The third kappa shape index (κ3) is 3.31. The van der Waals surface area contributed by atoms with Crippen molar-refractivity contribution in [3.8, 4) is 0 Å². The topological polar surface area (TPSA) is 24.9 Å². The van der Waals surface area contributed by atoms with Crippen LogP contribution in [-0.4, -0.2) is 12.0 Å². The normalized spacial score (nSPS) is 12.7. The van der Waals surface area contributed by atoms with Gasteiger partial charge in [-0.05, 0) is 64.8 Å². The molecule has 0 radical (unpaired) electrons. The van der Waals surface area contributed by atoms with E-state index in [1.807, 2.05) is 31.4 Å². The molecule has 2 nitrogen and oxygen atoms in total. The molecule has 0 bridgehead atoms. The Kier molecular flexibility index (Phi) is 4.33. The smallest absolute Gasteiger partial charge is 0.123 e. The highest BCUT2D eigenvalue weighted by molar-refractivity contribution is 9.10. The van der Waals surface area contributed by atoms with E-state index >= 15 is 0 Å². The van der Waals surface area contributed by atoms with Crippen LogP contribution in [-0.2, 0) is 6.42 Å². The standard InChI is InChI=1S/C16H14BrFN2S/c1-19-14(8-13-4-2-11(17)9-20-13)16-7-10-6-12(18)3-5-15(10)21-16/h2-7,9,14,19H,8H2,1H3. The lowest BCUT2D eigenvalue weighted by Gasteiger charge is -2.13. The van der Waals surface area contributed by atoms with Crippen molar-refractivity contribution in [2.75, 3.05) is 7.05 Å². The minimum Gasteiger partial charge on any atom is -0.312 e. The Labute approximate surface area is 135 Å². The number of hydrogen-bond acceptors (Lipinski definition) is 3. The average Bonchev–Trinajstić information content (AvgIpc) is 2.89. The minimum absolute atomic E-state index is 0.180. The van der Waals surface area contributed by atoms with Crippen molar-refractivity contribution in [1.29, 1.82) is 0 Å². The molecule has 0 amide bonds. The molecule has 1 atom stereocenters. The average molecular weight is 365 g/mol. The summed E-state index contributed by atoms with van der Waals surface area (Å²) in [6.07, 6.45) is 2.61. The summed E-state index contributed by atoms with van der Waals surface area (Å²) < 4.78 is 15.4. The van der Waals surface area contributed by atoms with Crippen molar-refractivity contribution in [2.24, 2.45) is 0 Å². The van der Waals surface area contributed by atoms with E-state index in [-0.39, 0.29) is 11.9 Å². The fourth-order valence-electron chi connectivity index (χ4n) is 2.29. The van der Waals surface area contributed by atoms with Gasteiger partial charge in [-0.3, -0.25) is 4.98 Å². The summed E-state index contributed by atoms with van der Waals surface area (Å²) >= 11 is 5.09. The molecule has 2 aromatic heterocycles. The highest BCUT2D eigenvalue weighted by Crippen LogP contribution is 2.31. The van der Waals surface area contributed by atoms with Gasteiger partial charge in [0.2, 0.25) is 0 Å². The fraction of sp³-hybridized carbons (Fsp3) is 0.188. The second kappa shape index (κ2) is 6.22.